The van der Waals surface area contributed by atoms with Crippen molar-refractivity contribution in [3.8, 4) is 11.5 Å². The number of fused-ring (bicyclic) bond motifs is 1. The molecule has 0 atom stereocenters. The molecule has 0 aliphatic rings. The van der Waals surface area contributed by atoms with Gasteiger partial charge in [-0.3, -0.25) is 0 Å². The summed E-state index contributed by atoms with van der Waals surface area (Å²) in [6.45, 7) is 0. The first-order chi connectivity index (χ1) is 10.2. The van der Waals surface area contributed by atoms with Crippen molar-refractivity contribution in [2.24, 2.45) is 0 Å². The molecule has 21 heavy (non-hydrogen) atoms. The molecule has 4 heteroatoms. The summed E-state index contributed by atoms with van der Waals surface area (Å²) in [6, 6.07) is 16.1. The van der Waals surface area contributed by atoms with Gasteiger partial charge in [-0.05, 0) is 24.3 Å². The van der Waals surface area contributed by atoms with Crippen molar-refractivity contribution in [1.29, 1.82) is 0 Å². The van der Waals surface area contributed by atoms with Gasteiger partial charge in [0.15, 0.2) is 0 Å². The zero-order valence-electron chi connectivity index (χ0n) is 10.9. The molecule has 0 unspecified atom stereocenters. The Morgan fingerprint density at radius 1 is 0.905 bits per heavy atom. The normalized spacial score (nSPS) is 10.8. The second-order valence-electron chi connectivity index (χ2n) is 4.54. The van der Waals surface area contributed by atoms with Crippen LogP contribution in [0.3, 0.4) is 0 Å². The van der Waals surface area contributed by atoms with Crippen LogP contribution in [0.25, 0.3) is 10.8 Å². The molecule has 106 valence electrons. The van der Waals surface area contributed by atoms with Crippen LogP contribution in [0.2, 0.25) is 5.02 Å². The molecule has 1 nitrogen and oxygen atoms in total. The maximum Gasteiger partial charge on any atom is 0.135 e. The molecule has 3 aromatic rings. The lowest BCUT2D eigenvalue weighted by Gasteiger charge is -2.13. The van der Waals surface area contributed by atoms with E-state index in [9.17, 15) is 4.39 Å². The largest absolute Gasteiger partial charge is 0.456 e. The Labute approximate surface area is 135 Å². The quantitative estimate of drug-likeness (QED) is 0.493. The number of alkyl halides is 1. The summed E-state index contributed by atoms with van der Waals surface area (Å²) in [7, 11) is 0. The minimum atomic E-state index is -0.289. The highest BCUT2D eigenvalue weighted by Gasteiger charge is 2.11. The van der Waals surface area contributed by atoms with Crippen LogP contribution in [-0.4, -0.2) is 0 Å². The Bertz CT molecular complexity index is 804. The van der Waals surface area contributed by atoms with Crippen LogP contribution < -0.4 is 4.74 Å². The van der Waals surface area contributed by atoms with E-state index in [1.807, 2.05) is 24.3 Å². The predicted octanol–water partition coefficient (Wildman–Crippen LogP) is 6.32. The molecular formula is C17H11BrClFO. The fourth-order valence-electron chi connectivity index (χ4n) is 2.21. The monoisotopic (exact) mass is 364 g/mol. The number of hydrogen-bond acceptors (Lipinski definition) is 1. The zero-order chi connectivity index (χ0) is 14.8. The van der Waals surface area contributed by atoms with Crippen molar-refractivity contribution in [1.82, 2.24) is 0 Å². The summed E-state index contributed by atoms with van der Waals surface area (Å²) in [6.07, 6.45) is 0. The molecule has 0 amide bonds. The van der Waals surface area contributed by atoms with Gasteiger partial charge in [-0.2, -0.15) is 0 Å². The van der Waals surface area contributed by atoms with Crippen LogP contribution in [-0.2, 0) is 5.33 Å². The standard InChI is InChI=1S/C17H11BrClFO/c18-10-13-15(20)6-3-7-16(13)21-17-9-8-14(19)11-4-1-2-5-12(11)17/h1-9H,10H2. The van der Waals surface area contributed by atoms with Gasteiger partial charge in [-0.1, -0.05) is 57.9 Å². The third-order valence-electron chi connectivity index (χ3n) is 3.26. The van der Waals surface area contributed by atoms with E-state index >= 15 is 0 Å². The van der Waals surface area contributed by atoms with Gasteiger partial charge >= 0.3 is 0 Å². The molecule has 0 N–H and O–H groups in total. The summed E-state index contributed by atoms with van der Waals surface area (Å²) in [5.41, 5.74) is 0.497. The predicted molar refractivity (Wildman–Crippen MR) is 88.1 cm³/mol. The first kappa shape index (κ1) is 14.4. The Morgan fingerprint density at radius 3 is 2.43 bits per heavy atom. The zero-order valence-corrected chi connectivity index (χ0v) is 13.3. The fourth-order valence-corrected chi connectivity index (χ4v) is 2.98. The van der Waals surface area contributed by atoms with Crippen molar-refractivity contribution in [2.45, 2.75) is 5.33 Å². The van der Waals surface area contributed by atoms with Gasteiger partial charge in [0.2, 0.25) is 0 Å². The molecular weight excluding hydrogens is 355 g/mol. The second kappa shape index (κ2) is 6.04. The lowest BCUT2D eigenvalue weighted by atomic mass is 10.1. The maximum atomic E-state index is 13.8. The van der Waals surface area contributed by atoms with Crippen LogP contribution in [0.1, 0.15) is 5.56 Å². The molecule has 0 saturated carbocycles. The molecule has 3 rings (SSSR count). The van der Waals surface area contributed by atoms with Crippen LogP contribution in [0, 0.1) is 5.82 Å². The SMILES string of the molecule is Fc1cccc(Oc2ccc(Cl)c3ccccc23)c1CBr. The fraction of sp³-hybridized carbons (Fsp3) is 0.0588. The summed E-state index contributed by atoms with van der Waals surface area (Å²) < 4.78 is 19.7. The number of halogens is 3. The Morgan fingerprint density at radius 2 is 1.67 bits per heavy atom. The average Bonchev–Trinajstić information content (AvgIpc) is 2.51. The number of benzene rings is 3. The molecule has 0 aliphatic heterocycles. The Hall–Kier alpha value is -1.58. The first-order valence-electron chi connectivity index (χ1n) is 6.39. The molecule has 0 saturated heterocycles. The van der Waals surface area contributed by atoms with Gasteiger partial charge < -0.3 is 4.74 Å². The van der Waals surface area contributed by atoms with Gasteiger partial charge in [-0.15, -0.1) is 0 Å². The van der Waals surface area contributed by atoms with E-state index in [0.29, 0.717) is 27.4 Å². The van der Waals surface area contributed by atoms with E-state index in [4.69, 9.17) is 16.3 Å². The van der Waals surface area contributed by atoms with E-state index in [1.165, 1.54) is 6.07 Å². The summed E-state index contributed by atoms with van der Waals surface area (Å²) in [5, 5.41) is 2.86. The molecule has 0 heterocycles. The van der Waals surface area contributed by atoms with E-state index in [-0.39, 0.29) is 5.82 Å². The van der Waals surface area contributed by atoms with E-state index in [0.717, 1.165) is 10.8 Å². The number of ether oxygens (including phenoxy) is 1. The van der Waals surface area contributed by atoms with Crippen molar-refractivity contribution in [2.75, 3.05) is 0 Å². The number of rotatable bonds is 3. The Balaban J connectivity index is 2.11. The van der Waals surface area contributed by atoms with Crippen molar-refractivity contribution < 1.29 is 9.13 Å². The molecule has 0 spiro atoms. The highest BCUT2D eigenvalue weighted by Crippen LogP contribution is 2.36. The van der Waals surface area contributed by atoms with Gasteiger partial charge in [0.1, 0.15) is 17.3 Å². The highest BCUT2D eigenvalue weighted by atomic mass is 79.9. The van der Waals surface area contributed by atoms with Gasteiger partial charge in [0.25, 0.3) is 0 Å². The second-order valence-corrected chi connectivity index (χ2v) is 5.51. The van der Waals surface area contributed by atoms with Crippen molar-refractivity contribution in [3.63, 3.8) is 0 Å². The molecule has 0 aromatic heterocycles. The van der Waals surface area contributed by atoms with Gasteiger partial charge in [0, 0.05) is 26.7 Å². The minimum absolute atomic E-state index is 0.289. The summed E-state index contributed by atoms with van der Waals surface area (Å²) in [4.78, 5) is 0. The van der Waals surface area contributed by atoms with Gasteiger partial charge in [-0.25, -0.2) is 4.39 Å². The topological polar surface area (TPSA) is 9.23 Å². The van der Waals surface area contributed by atoms with E-state index < -0.39 is 0 Å². The Kier molecular flexibility index (Phi) is 4.13. The van der Waals surface area contributed by atoms with Crippen LogP contribution in [0.5, 0.6) is 11.5 Å². The lowest BCUT2D eigenvalue weighted by Crippen LogP contribution is -1.93. The third-order valence-corrected chi connectivity index (χ3v) is 4.15. The molecule has 0 aliphatic carbocycles. The third kappa shape index (κ3) is 2.76. The lowest BCUT2D eigenvalue weighted by molar-refractivity contribution is 0.476. The van der Waals surface area contributed by atoms with E-state index in [2.05, 4.69) is 15.9 Å². The van der Waals surface area contributed by atoms with Crippen molar-refractivity contribution in [3.05, 3.63) is 71.0 Å². The number of hydrogen-bond donors (Lipinski definition) is 0. The smallest absolute Gasteiger partial charge is 0.135 e. The first-order valence-corrected chi connectivity index (χ1v) is 7.89. The van der Waals surface area contributed by atoms with Crippen molar-refractivity contribution >= 4 is 38.3 Å². The summed E-state index contributed by atoms with van der Waals surface area (Å²) >= 11 is 9.49. The summed E-state index contributed by atoms with van der Waals surface area (Å²) in [5.74, 6) is 0.866. The average molecular weight is 366 g/mol. The molecule has 0 bridgehead atoms. The minimum Gasteiger partial charge on any atom is -0.456 e. The van der Waals surface area contributed by atoms with Crippen LogP contribution >= 0.6 is 27.5 Å². The van der Waals surface area contributed by atoms with Crippen LogP contribution in [0.15, 0.2) is 54.6 Å². The van der Waals surface area contributed by atoms with Crippen LogP contribution in [0.4, 0.5) is 4.39 Å². The highest BCUT2D eigenvalue weighted by molar-refractivity contribution is 9.08. The molecule has 3 aromatic carbocycles. The molecule has 0 fully saturated rings. The van der Waals surface area contributed by atoms with Gasteiger partial charge in [0.05, 0.1) is 0 Å². The molecule has 0 radical (unpaired) electrons. The van der Waals surface area contributed by atoms with E-state index in [1.54, 1.807) is 24.3 Å². The maximum absolute atomic E-state index is 13.8.